The van der Waals surface area contributed by atoms with Crippen LogP contribution in [0, 0.1) is 12.3 Å². The molecule has 4 heteroatoms. The van der Waals surface area contributed by atoms with Crippen molar-refractivity contribution in [2.45, 2.75) is 59.3 Å². The van der Waals surface area contributed by atoms with E-state index in [1.54, 1.807) is 0 Å². The summed E-state index contributed by atoms with van der Waals surface area (Å²) in [6.45, 7) is 9.14. The fourth-order valence-corrected chi connectivity index (χ4v) is 3.45. The second kappa shape index (κ2) is 6.27. The van der Waals surface area contributed by atoms with E-state index in [1.165, 1.54) is 38.5 Å². The van der Waals surface area contributed by atoms with E-state index in [0.717, 1.165) is 30.1 Å². The highest BCUT2D eigenvalue weighted by Gasteiger charge is 2.19. The normalized spacial score (nSPS) is 20.2. The molecule has 0 unspecified atom stereocenters. The Labute approximate surface area is 133 Å². The molecular weight excluding hydrogens is 272 g/mol. The van der Waals surface area contributed by atoms with E-state index in [4.69, 9.17) is 4.98 Å². The van der Waals surface area contributed by atoms with Crippen molar-refractivity contribution in [1.29, 1.82) is 0 Å². The third-order valence-electron chi connectivity index (χ3n) is 4.92. The predicted molar refractivity (Wildman–Crippen MR) is 91.4 cm³/mol. The summed E-state index contributed by atoms with van der Waals surface area (Å²) in [5, 5.41) is 4.32. The van der Waals surface area contributed by atoms with Gasteiger partial charge in [0.05, 0.1) is 6.20 Å². The Bertz CT molecular complexity index is 629. The summed E-state index contributed by atoms with van der Waals surface area (Å²) in [6.07, 6.45) is 11.8. The highest BCUT2D eigenvalue weighted by Crippen LogP contribution is 2.30. The molecule has 1 fully saturated rings. The maximum absolute atomic E-state index is 4.85. The number of rotatable bonds is 1. The summed E-state index contributed by atoms with van der Waals surface area (Å²) < 4.78 is 1.86. The first-order valence-corrected chi connectivity index (χ1v) is 8.61. The van der Waals surface area contributed by atoms with Crippen molar-refractivity contribution >= 4 is 11.5 Å². The number of aromatic nitrogens is 3. The maximum atomic E-state index is 4.85. The van der Waals surface area contributed by atoms with E-state index in [2.05, 4.69) is 36.8 Å². The van der Waals surface area contributed by atoms with Gasteiger partial charge in [-0.05, 0) is 44.1 Å². The van der Waals surface area contributed by atoms with Crippen LogP contribution in [0.1, 0.15) is 57.9 Å². The Morgan fingerprint density at radius 2 is 1.82 bits per heavy atom. The van der Waals surface area contributed by atoms with Crippen molar-refractivity contribution in [2.75, 3.05) is 18.0 Å². The highest BCUT2D eigenvalue weighted by molar-refractivity contribution is 5.52. The Morgan fingerprint density at radius 1 is 1.05 bits per heavy atom. The van der Waals surface area contributed by atoms with Crippen LogP contribution in [0.3, 0.4) is 0 Å². The van der Waals surface area contributed by atoms with Gasteiger partial charge in [0.15, 0.2) is 5.65 Å². The van der Waals surface area contributed by atoms with E-state index in [9.17, 15) is 0 Å². The minimum absolute atomic E-state index is 0.489. The second-order valence-corrected chi connectivity index (χ2v) is 7.45. The van der Waals surface area contributed by atoms with Crippen LogP contribution >= 0.6 is 0 Å². The van der Waals surface area contributed by atoms with Gasteiger partial charge in [0.2, 0.25) is 0 Å². The molecule has 3 heterocycles. The molecule has 2 aromatic rings. The molecule has 0 amide bonds. The summed E-state index contributed by atoms with van der Waals surface area (Å²) in [6, 6.07) is 2.11. The molecule has 0 saturated carbocycles. The summed E-state index contributed by atoms with van der Waals surface area (Å²) in [4.78, 5) is 7.31. The third kappa shape index (κ3) is 3.42. The number of fused-ring (bicyclic) bond motifs is 1. The zero-order valence-electron chi connectivity index (χ0n) is 14.2. The molecule has 1 aliphatic rings. The molecule has 2 aromatic heterocycles. The summed E-state index contributed by atoms with van der Waals surface area (Å²) in [7, 11) is 0. The zero-order valence-corrected chi connectivity index (χ0v) is 14.2. The van der Waals surface area contributed by atoms with Gasteiger partial charge in [-0.25, -0.2) is 9.50 Å². The van der Waals surface area contributed by atoms with Crippen LogP contribution in [-0.2, 0) is 0 Å². The lowest BCUT2D eigenvalue weighted by Crippen LogP contribution is -2.29. The van der Waals surface area contributed by atoms with Crippen molar-refractivity contribution in [3.8, 4) is 0 Å². The van der Waals surface area contributed by atoms with Crippen molar-refractivity contribution in [3.05, 3.63) is 24.0 Å². The van der Waals surface area contributed by atoms with Gasteiger partial charge >= 0.3 is 0 Å². The molecule has 0 atom stereocenters. The van der Waals surface area contributed by atoms with Crippen LogP contribution in [-0.4, -0.2) is 27.7 Å². The van der Waals surface area contributed by atoms with Crippen molar-refractivity contribution < 1.29 is 0 Å². The van der Waals surface area contributed by atoms with Gasteiger partial charge in [-0.3, -0.25) is 0 Å². The van der Waals surface area contributed by atoms with Gasteiger partial charge in [-0.2, -0.15) is 5.10 Å². The molecule has 1 aliphatic heterocycles. The van der Waals surface area contributed by atoms with Crippen LogP contribution in [0.4, 0.5) is 5.82 Å². The Balaban J connectivity index is 1.79. The SMILES string of the molecule is Cc1cnn2ccc(N3CCCCCC(C)(C)CCC3)nc12. The molecule has 22 heavy (non-hydrogen) atoms. The van der Waals surface area contributed by atoms with Crippen LogP contribution in [0.5, 0.6) is 0 Å². The molecule has 4 nitrogen and oxygen atoms in total. The van der Waals surface area contributed by atoms with Crippen LogP contribution < -0.4 is 4.90 Å². The molecule has 0 N–H and O–H groups in total. The maximum Gasteiger partial charge on any atom is 0.160 e. The minimum Gasteiger partial charge on any atom is -0.357 e. The number of anilines is 1. The minimum atomic E-state index is 0.489. The first-order valence-electron chi connectivity index (χ1n) is 8.61. The lowest BCUT2D eigenvalue weighted by Gasteiger charge is -2.30. The third-order valence-corrected chi connectivity index (χ3v) is 4.92. The molecule has 0 bridgehead atoms. The van der Waals surface area contributed by atoms with Crippen molar-refractivity contribution in [2.24, 2.45) is 5.41 Å². The average molecular weight is 300 g/mol. The number of aryl methyl sites for hydroxylation is 1. The van der Waals surface area contributed by atoms with Gasteiger partial charge in [0.1, 0.15) is 5.82 Å². The topological polar surface area (TPSA) is 33.4 Å². The van der Waals surface area contributed by atoms with E-state index in [1.807, 2.05) is 16.9 Å². The van der Waals surface area contributed by atoms with Crippen molar-refractivity contribution in [3.63, 3.8) is 0 Å². The van der Waals surface area contributed by atoms with Gasteiger partial charge in [-0.1, -0.05) is 26.7 Å². The molecule has 1 saturated heterocycles. The van der Waals surface area contributed by atoms with Gasteiger partial charge in [-0.15, -0.1) is 0 Å². The summed E-state index contributed by atoms with van der Waals surface area (Å²) in [5.74, 6) is 1.11. The monoisotopic (exact) mass is 300 g/mol. The Kier molecular flexibility index (Phi) is 4.37. The summed E-state index contributed by atoms with van der Waals surface area (Å²) >= 11 is 0. The van der Waals surface area contributed by atoms with Gasteiger partial charge in [0.25, 0.3) is 0 Å². The van der Waals surface area contributed by atoms with E-state index in [-0.39, 0.29) is 0 Å². The highest BCUT2D eigenvalue weighted by atomic mass is 15.3. The van der Waals surface area contributed by atoms with Crippen LogP contribution in [0.15, 0.2) is 18.5 Å². The molecule has 3 rings (SSSR count). The van der Waals surface area contributed by atoms with E-state index in [0.29, 0.717) is 5.41 Å². The number of nitrogens with zero attached hydrogens (tertiary/aromatic N) is 4. The van der Waals surface area contributed by atoms with Gasteiger partial charge < -0.3 is 4.90 Å². The van der Waals surface area contributed by atoms with E-state index < -0.39 is 0 Å². The molecule has 0 aromatic carbocycles. The fourth-order valence-electron chi connectivity index (χ4n) is 3.45. The lowest BCUT2D eigenvalue weighted by molar-refractivity contribution is 0.283. The fraction of sp³-hybridized carbons (Fsp3) is 0.667. The predicted octanol–water partition coefficient (Wildman–Crippen LogP) is 4.22. The molecule has 0 aliphatic carbocycles. The largest absolute Gasteiger partial charge is 0.357 e. The van der Waals surface area contributed by atoms with Gasteiger partial charge in [0, 0.05) is 24.8 Å². The molecular formula is C18H28N4. The lowest BCUT2D eigenvalue weighted by atomic mass is 9.82. The quantitative estimate of drug-likeness (QED) is 0.790. The second-order valence-electron chi connectivity index (χ2n) is 7.45. The Hall–Kier alpha value is -1.58. The molecule has 120 valence electrons. The summed E-state index contributed by atoms with van der Waals surface area (Å²) in [5.41, 5.74) is 2.61. The smallest absolute Gasteiger partial charge is 0.160 e. The molecule has 0 radical (unpaired) electrons. The standard InChI is InChI=1S/C18H28N4/c1-15-14-19-22-13-8-16(20-17(15)22)21-11-6-4-5-9-18(2,3)10-7-12-21/h8,13-14H,4-7,9-12H2,1-3H3. The first-order chi connectivity index (χ1) is 10.6. The van der Waals surface area contributed by atoms with E-state index >= 15 is 0 Å². The number of hydrogen-bond donors (Lipinski definition) is 0. The number of hydrogen-bond acceptors (Lipinski definition) is 3. The molecule has 0 spiro atoms. The zero-order chi connectivity index (χ0) is 15.6. The first kappa shape index (κ1) is 15.3. The van der Waals surface area contributed by atoms with Crippen LogP contribution in [0.25, 0.3) is 5.65 Å². The average Bonchev–Trinajstić information content (AvgIpc) is 2.86. The van der Waals surface area contributed by atoms with Crippen LogP contribution in [0.2, 0.25) is 0 Å². The Morgan fingerprint density at radius 3 is 2.68 bits per heavy atom. The van der Waals surface area contributed by atoms with Crippen molar-refractivity contribution in [1.82, 2.24) is 14.6 Å².